The number of benzene rings is 1. The Morgan fingerprint density at radius 1 is 1.36 bits per heavy atom. The highest BCUT2D eigenvalue weighted by Gasteiger charge is 2.27. The standard InChI is InChI=1S/C14H20N2O5S/c1-5-8-15-14(17)10-16(2)22(18,19)13-9-11(20-3)6-7-12(13)21-4/h5-7,9H,1,8,10H2,2-4H3,(H,15,17). The lowest BCUT2D eigenvalue weighted by Crippen LogP contribution is -2.38. The first-order valence-electron chi connectivity index (χ1n) is 6.42. The van der Waals surface area contributed by atoms with Crippen molar-refractivity contribution in [3.8, 4) is 11.5 Å². The molecule has 0 spiro atoms. The maximum absolute atomic E-state index is 12.6. The van der Waals surface area contributed by atoms with E-state index in [2.05, 4.69) is 11.9 Å². The number of ether oxygens (including phenoxy) is 2. The van der Waals surface area contributed by atoms with E-state index < -0.39 is 15.9 Å². The summed E-state index contributed by atoms with van der Waals surface area (Å²) in [6.07, 6.45) is 1.51. The lowest BCUT2D eigenvalue weighted by Gasteiger charge is -2.18. The van der Waals surface area contributed by atoms with Gasteiger partial charge in [-0.05, 0) is 12.1 Å². The number of methoxy groups -OCH3 is 2. The Labute approximate surface area is 130 Å². The number of carbonyl (C=O) groups is 1. The smallest absolute Gasteiger partial charge is 0.247 e. The number of sulfonamides is 1. The van der Waals surface area contributed by atoms with Crippen LogP contribution in [0, 0.1) is 0 Å². The van der Waals surface area contributed by atoms with Crippen molar-refractivity contribution < 1.29 is 22.7 Å². The molecule has 0 atom stereocenters. The van der Waals surface area contributed by atoms with Crippen molar-refractivity contribution in [1.82, 2.24) is 9.62 Å². The summed E-state index contributed by atoms with van der Waals surface area (Å²) in [5.74, 6) is 0.135. The second-order valence-corrected chi connectivity index (χ2v) is 6.38. The van der Waals surface area contributed by atoms with Gasteiger partial charge in [0.2, 0.25) is 15.9 Å². The zero-order chi connectivity index (χ0) is 16.8. The molecule has 1 rings (SSSR count). The highest BCUT2D eigenvalue weighted by Crippen LogP contribution is 2.29. The third kappa shape index (κ3) is 4.22. The molecule has 7 nitrogen and oxygen atoms in total. The van der Waals surface area contributed by atoms with Gasteiger partial charge in [-0.25, -0.2) is 8.42 Å². The quantitative estimate of drug-likeness (QED) is 0.707. The highest BCUT2D eigenvalue weighted by atomic mass is 32.2. The SMILES string of the molecule is C=CCNC(=O)CN(C)S(=O)(=O)c1cc(OC)ccc1OC. The van der Waals surface area contributed by atoms with E-state index >= 15 is 0 Å². The number of amides is 1. The van der Waals surface area contributed by atoms with Gasteiger partial charge in [-0.1, -0.05) is 6.08 Å². The summed E-state index contributed by atoms with van der Waals surface area (Å²) in [6.45, 7) is 3.44. The Kier molecular flexibility index (Phi) is 6.39. The van der Waals surface area contributed by atoms with Crippen LogP contribution in [-0.4, -0.2) is 53.0 Å². The van der Waals surface area contributed by atoms with Gasteiger partial charge in [-0.3, -0.25) is 4.79 Å². The van der Waals surface area contributed by atoms with Crippen LogP contribution >= 0.6 is 0 Å². The largest absolute Gasteiger partial charge is 0.497 e. The first kappa shape index (κ1) is 18.0. The predicted molar refractivity (Wildman–Crippen MR) is 82.6 cm³/mol. The van der Waals surface area contributed by atoms with Crippen LogP contribution in [0.15, 0.2) is 35.7 Å². The van der Waals surface area contributed by atoms with Gasteiger partial charge in [0.15, 0.2) is 0 Å². The third-order valence-corrected chi connectivity index (χ3v) is 4.69. The third-order valence-electron chi connectivity index (χ3n) is 2.87. The van der Waals surface area contributed by atoms with Crippen LogP contribution < -0.4 is 14.8 Å². The summed E-state index contributed by atoms with van der Waals surface area (Å²) >= 11 is 0. The van der Waals surface area contributed by atoms with Crippen LogP contribution in [0.25, 0.3) is 0 Å². The number of nitrogens with zero attached hydrogens (tertiary/aromatic N) is 1. The molecule has 0 aliphatic heterocycles. The molecule has 1 aromatic rings. The minimum Gasteiger partial charge on any atom is -0.497 e. The number of rotatable bonds is 8. The van der Waals surface area contributed by atoms with Crippen molar-refractivity contribution in [2.45, 2.75) is 4.90 Å². The molecule has 0 aliphatic carbocycles. The normalized spacial score (nSPS) is 11.1. The molecule has 0 saturated heterocycles. The Bertz CT molecular complexity index is 643. The Morgan fingerprint density at radius 2 is 2.05 bits per heavy atom. The van der Waals surface area contributed by atoms with Crippen molar-refractivity contribution in [2.24, 2.45) is 0 Å². The molecule has 0 fully saturated rings. The van der Waals surface area contributed by atoms with Gasteiger partial charge >= 0.3 is 0 Å². The Balaban J connectivity index is 3.07. The van der Waals surface area contributed by atoms with E-state index in [9.17, 15) is 13.2 Å². The second-order valence-electron chi connectivity index (χ2n) is 4.37. The molecule has 0 aromatic heterocycles. The van der Waals surface area contributed by atoms with Gasteiger partial charge in [-0.2, -0.15) is 4.31 Å². The van der Waals surface area contributed by atoms with Crippen LogP contribution in [0.4, 0.5) is 0 Å². The van der Waals surface area contributed by atoms with E-state index in [1.54, 1.807) is 6.07 Å². The second kappa shape index (κ2) is 7.81. The molecule has 1 N–H and O–H groups in total. The molecule has 22 heavy (non-hydrogen) atoms. The molecular weight excluding hydrogens is 308 g/mol. The number of hydrogen-bond donors (Lipinski definition) is 1. The van der Waals surface area contributed by atoms with E-state index in [-0.39, 0.29) is 23.7 Å². The van der Waals surface area contributed by atoms with Crippen LogP contribution in [0.5, 0.6) is 11.5 Å². The fourth-order valence-corrected chi connectivity index (χ4v) is 2.98. The fourth-order valence-electron chi connectivity index (χ4n) is 1.68. The Morgan fingerprint density at radius 3 is 2.59 bits per heavy atom. The minimum absolute atomic E-state index is 0.0617. The summed E-state index contributed by atoms with van der Waals surface area (Å²) < 4.78 is 36.2. The van der Waals surface area contributed by atoms with E-state index in [0.29, 0.717) is 5.75 Å². The van der Waals surface area contributed by atoms with Crippen molar-refractivity contribution in [1.29, 1.82) is 0 Å². The lowest BCUT2D eigenvalue weighted by molar-refractivity contribution is -0.120. The number of carbonyl (C=O) groups excluding carboxylic acids is 1. The summed E-state index contributed by atoms with van der Waals surface area (Å²) in [5.41, 5.74) is 0. The maximum Gasteiger partial charge on any atom is 0.247 e. The topological polar surface area (TPSA) is 84.9 Å². The molecule has 122 valence electrons. The number of likely N-dealkylation sites (N-methyl/N-ethyl adjacent to an activating group) is 1. The van der Waals surface area contributed by atoms with Crippen molar-refractivity contribution >= 4 is 15.9 Å². The van der Waals surface area contributed by atoms with E-state index in [1.165, 1.54) is 39.5 Å². The summed E-state index contributed by atoms with van der Waals surface area (Å²) in [7, 11) is 0.236. The minimum atomic E-state index is -3.89. The molecule has 0 bridgehead atoms. The summed E-state index contributed by atoms with van der Waals surface area (Å²) in [4.78, 5) is 11.6. The molecule has 1 amide bonds. The van der Waals surface area contributed by atoms with Crippen LogP contribution in [0.1, 0.15) is 0 Å². The molecular formula is C14H20N2O5S. The van der Waals surface area contributed by atoms with Crippen LogP contribution in [-0.2, 0) is 14.8 Å². The van der Waals surface area contributed by atoms with Gasteiger partial charge in [0, 0.05) is 19.7 Å². The fraction of sp³-hybridized carbons (Fsp3) is 0.357. The molecule has 0 aliphatic rings. The van der Waals surface area contributed by atoms with Crippen molar-refractivity contribution in [3.05, 3.63) is 30.9 Å². The average molecular weight is 328 g/mol. The first-order chi connectivity index (χ1) is 10.4. The van der Waals surface area contributed by atoms with E-state index in [1.807, 2.05) is 0 Å². The number of nitrogens with one attached hydrogen (secondary N) is 1. The number of hydrogen-bond acceptors (Lipinski definition) is 5. The molecule has 1 aromatic carbocycles. The van der Waals surface area contributed by atoms with Crippen LogP contribution in [0.3, 0.4) is 0 Å². The zero-order valence-electron chi connectivity index (χ0n) is 12.8. The van der Waals surface area contributed by atoms with E-state index in [4.69, 9.17) is 9.47 Å². The highest BCUT2D eigenvalue weighted by molar-refractivity contribution is 7.89. The monoisotopic (exact) mass is 328 g/mol. The zero-order valence-corrected chi connectivity index (χ0v) is 13.6. The van der Waals surface area contributed by atoms with Gasteiger partial charge in [0.1, 0.15) is 16.4 Å². The van der Waals surface area contributed by atoms with Gasteiger partial charge in [0.25, 0.3) is 0 Å². The van der Waals surface area contributed by atoms with Crippen LogP contribution in [0.2, 0.25) is 0 Å². The lowest BCUT2D eigenvalue weighted by atomic mass is 10.3. The molecule has 0 saturated carbocycles. The van der Waals surface area contributed by atoms with Gasteiger partial charge < -0.3 is 14.8 Å². The summed E-state index contributed by atoms with van der Waals surface area (Å²) in [6, 6.07) is 4.44. The van der Waals surface area contributed by atoms with Crippen molar-refractivity contribution in [3.63, 3.8) is 0 Å². The van der Waals surface area contributed by atoms with Crippen molar-refractivity contribution in [2.75, 3.05) is 34.4 Å². The predicted octanol–water partition coefficient (Wildman–Crippen LogP) is 0.627. The van der Waals surface area contributed by atoms with Gasteiger partial charge in [-0.15, -0.1) is 6.58 Å². The van der Waals surface area contributed by atoms with E-state index in [0.717, 1.165) is 4.31 Å². The maximum atomic E-state index is 12.6. The average Bonchev–Trinajstić information content (AvgIpc) is 2.51. The molecule has 0 unspecified atom stereocenters. The molecule has 0 heterocycles. The van der Waals surface area contributed by atoms with Gasteiger partial charge in [0.05, 0.1) is 20.8 Å². The Hall–Kier alpha value is -2.06. The molecule has 0 radical (unpaired) electrons. The first-order valence-corrected chi connectivity index (χ1v) is 7.86. The molecule has 8 heteroatoms. The summed E-state index contributed by atoms with van der Waals surface area (Å²) in [5, 5.41) is 2.52.